The van der Waals surface area contributed by atoms with Crippen molar-refractivity contribution in [3.63, 3.8) is 0 Å². The van der Waals surface area contributed by atoms with Crippen LogP contribution in [0.15, 0.2) is 199 Å². The molecule has 5 heteroatoms. The Morgan fingerprint density at radius 2 is 0.505 bits per heavy atom. The lowest BCUT2D eigenvalue weighted by Gasteiger charge is -2.31. The molecule has 500 valence electrons. The van der Waals surface area contributed by atoms with Gasteiger partial charge < -0.3 is 9.80 Å². The highest BCUT2D eigenvalue weighted by molar-refractivity contribution is 5.95. The Balaban J connectivity index is 1.41. The SMILES string of the molecule is CC(C)(C)c1cc(CN2C(=NC3=[N+](Cc4cc(C(C)(C)C)cc(C(C)(C)C)c4)C(c4ccccc4)C(c4ccccc4)N3Cc3cc(C(C)(C)C)cc(C(C)(C)C)c3)N(Cc3cc(C(C)(C)C)cc(C(C)(C)C)c3)C(c3ccccc3)C2c2ccccc2)cc(C(C)(C)C)c1. The van der Waals surface area contributed by atoms with Gasteiger partial charge in [0.2, 0.25) is 0 Å². The second-order valence-corrected chi connectivity index (χ2v) is 36.3. The van der Waals surface area contributed by atoms with E-state index in [2.05, 4.69) is 380 Å². The number of rotatable bonds is 12. The molecule has 10 rings (SSSR count). The molecule has 4 atom stereocenters. The molecule has 0 bridgehead atoms. The van der Waals surface area contributed by atoms with Crippen molar-refractivity contribution in [2.45, 2.75) is 260 Å². The molecule has 8 aromatic carbocycles. The fourth-order valence-electron chi connectivity index (χ4n) is 14.0. The lowest BCUT2D eigenvalue weighted by atomic mass is 9.79. The van der Waals surface area contributed by atoms with Crippen molar-refractivity contribution >= 4 is 11.9 Å². The van der Waals surface area contributed by atoms with Crippen LogP contribution in [0.5, 0.6) is 0 Å². The topological polar surface area (TPSA) is 25.1 Å². The van der Waals surface area contributed by atoms with E-state index in [-0.39, 0.29) is 67.5 Å². The van der Waals surface area contributed by atoms with Gasteiger partial charge in [0.25, 0.3) is 5.96 Å². The van der Waals surface area contributed by atoms with Crippen molar-refractivity contribution in [1.29, 1.82) is 0 Å². The molecule has 95 heavy (non-hydrogen) atoms. The van der Waals surface area contributed by atoms with Gasteiger partial charge >= 0.3 is 5.96 Å². The van der Waals surface area contributed by atoms with Crippen LogP contribution in [0.25, 0.3) is 0 Å². The zero-order valence-electron chi connectivity index (χ0n) is 62.8. The highest BCUT2D eigenvalue weighted by atomic mass is 15.5. The van der Waals surface area contributed by atoms with E-state index >= 15 is 0 Å². The molecule has 4 unspecified atom stereocenters. The number of nitrogens with zero attached hydrogens (tertiary/aromatic N) is 5. The van der Waals surface area contributed by atoms with E-state index < -0.39 is 0 Å². The van der Waals surface area contributed by atoms with Gasteiger partial charge in [0.05, 0.1) is 25.2 Å². The van der Waals surface area contributed by atoms with Crippen LogP contribution in [0.1, 0.15) is 279 Å². The van der Waals surface area contributed by atoms with Gasteiger partial charge in [-0.2, -0.15) is 0 Å². The first-order valence-corrected chi connectivity index (χ1v) is 35.4. The van der Waals surface area contributed by atoms with Crippen molar-refractivity contribution in [3.8, 4) is 0 Å². The summed E-state index contributed by atoms with van der Waals surface area (Å²) in [4.78, 5) is 15.0. The molecule has 0 N–H and O–H groups in total. The molecule has 1 fully saturated rings. The molecule has 5 nitrogen and oxygen atoms in total. The van der Waals surface area contributed by atoms with Gasteiger partial charge in [-0.15, -0.1) is 0 Å². The van der Waals surface area contributed by atoms with Crippen molar-refractivity contribution in [1.82, 2.24) is 14.7 Å². The summed E-state index contributed by atoms with van der Waals surface area (Å²) in [5, 5.41) is 0. The molecule has 2 aliphatic rings. The molecule has 0 radical (unpaired) electrons. The summed E-state index contributed by atoms with van der Waals surface area (Å²) in [6, 6.07) is 75.1. The van der Waals surface area contributed by atoms with Gasteiger partial charge in [-0.25, -0.2) is 9.48 Å². The average molecular weight is 1270 g/mol. The first kappa shape index (κ1) is 70.3. The lowest BCUT2D eigenvalue weighted by Crippen LogP contribution is -2.38. The summed E-state index contributed by atoms with van der Waals surface area (Å²) in [6.07, 6.45) is 0. The fraction of sp³-hybridized carbons (Fsp3) is 0.444. The first-order chi connectivity index (χ1) is 44.1. The third kappa shape index (κ3) is 16.0. The molecule has 2 aliphatic heterocycles. The minimum Gasteiger partial charge on any atom is -0.315 e. The lowest BCUT2D eigenvalue weighted by molar-refractivity contribution is -0.583. The highest BCUT2D eigenvalue weighted by Gasteiger charge is 2.53. The monoisotopic (exact) mass is 1270 g/mol. The smallest absolute Gasteiger partial charge is 0.315 e. The van der Waals surface area contributed by atoms with Gasteiger partial charge in [-0.3, -0.25) is 0 Å². The Bertz CT molecular complexity index is 3780. The summed E-state index contributed by atoms with van der Waals surface area (Å²) in [6.45, 7) is 59.4. The van der Waals surface area contributed by atoms with Gasteiger partial charge in [0, 0.05) is 13.1 Å². The average Bonchev–Trinajstić information content (AvgIpc) is 1.57. The number of hydrogen-bond acceptors (Lipinski definition) is 2. The van der Waals surface area contributed by atoms with Crippen molar-refractivity contribution in [2.24, 2.45) is 4.99 Å². The molecular formula is C90H116N5+. The molecule has 0 spiro atoms. The normalized spacial score (nSPS) is 17.9. The van der Waals surface area contributed by atoms with Crippen molar-refractivity contribution < 1.29 is 4.58 Å². The van der Waals surface area contributed by atoms with Crippen LogP contribution in [0.2, 0.25) is 0 Å². The quantitative estimate of drug-likeness (QED) is 0.114. The highest BCUT2D eigenvalue weighted by Crippen LogP contribution is 2.50. The number of guanidine groups is 2. The maximum atomic E-state index is 6.79. The standard InChI is InChI=1S/C90H116N5/c1-83(2,3)69-45-61(46-70(53-69)84(4,5)6)57-92-77(65-37-29-25-30-38-65)78(66-39-31-26-32-40-66)93(58-62-47-71(85(7,8)9)54-72(48-62)86(10,11)12)81(92)91-82-94(59-63-49-73(87(13,14)15)55-74(50-63)88(16,17)18)79(67-41-33-27-34-42-67)80(68-43-35-28-36-44-68)95(82)60-64-51-75(89(19,20)21)56-76(52-64)90(22,23)24/h25-56,77-80H,57-60H2,1-24H3/q+1. The molecule has 8 aromatic rings. The van der Waals surface area contributed by atoms with E-state index in [4.69, 9.17) is 4.99 Å². The van der Waals surface area contributed by atoms with Crippen molar-refractivity contribution in [2.75, 3.05) is 0 Å². The zero-order chi connectivity index (χ0) is 69.2. The molecular weight excluding hydrogens is 1150 g/mol. The van der Waals surface area contributed by atoms with E-state index in [0.717, 1.165) is 11.9 Å². The minimum atomic E-state index is -0.156. The second kappa shape index (κ2) is 26.2. The van der Waals surface area contributed by atoms with Gasteiger partial charge in [0.1, 0.15) is 12.1 Å². The summed E-state index contributed by atoms with van der Waals surface area (Å²) < 4.78 is 2.74. The van der Waals surface area contributed by atoms with Gasteiger partial charge in [0.15, 0.2) is 0 Å². The largest absolute Gasteiger partial charge is 0.394 e. The predicted molar refractivity (Wildman–Crippen MR) is 405 cm³/mol. The molecule has 0 amide bonds. The van der Waals surface area contributed by atoms with E-state index in [9.17, 15) is 0 Å². The van der Waals surface area contributed by atoms with Crippen LogP contribution >= 0.6 is 0 Å². The van der Waals surface area contributed by atoms with Crippen LogP contribution in [0.4, 0.5) is 0 Å². The first-order valence-electron chi connectivity index (χ1n) is 35.4. The maximum absolute atomic E-state index is 6.79. The maximum Gasteiger partial charge on any atom is 0.394 e. The molecule has 2 heterocycles. The zero-order valence-corrected chi connectivity index (χ0v) is 62.8. The van der Waals surface area contributed by atoms with Crippen LogP contribution in [-0.2, 0) is 69.5 Å². The molecule has 0 aromatic heterocycles. The van der Waals surface area contributed by atoms with Gasteiger partial charge in [-0.05, 0) is 137 Å². The van der Waals surface area contributed by atoms with Gasteiger partial charge in [-0.1, -0.05) is 360 Å². The van der Waals surface area contributed by atoms with E-state index in [1.807, 2.05) is 0 Å². The Morgan fingerprint density at radius 1 is 0.274 bits per heavy atom. The third-order valence-electron chi connectivity index (χ3n) is 20.0. The number of aliphatic imine (C=N–C) groups is 1. The minimum absolute atomic E-state index is 0.0912. The Labute approximate surface area is 575 Å². The summed E-state index contributed by atoms with van der Waals surface area (Å²) in [5.41, 5.74) is 20.2. The van der Waals surface area contributed by atoms with Crippen LogP contribution in [-0.4, -0.2) is 31.2 Å². The summed E-state index contributed by atoms with van der Waals surface area (Å²) >= 11 is 0. The van der Waals surface area contributed by atoms with Crippen molar-refractivity contribution in [3.05, 3.63) is 283 Å². The third-order valence-corrected chi connectivity index (χ3v) is 20.0. The van der Waals surface area contributed by atoms with Crippen LogP contribution < -0.4 is 0 Å². The Morgan fingerprint density at radius 3 is 0.768 bits per heavy atom. The van der Waals surface area contributed by atoms with E-state index in [1.54, 1.807) is 0 Å². The molecule has 0 aliphatic carbocycles. The Hall–Kier alpha value is -7.50. The predicted octanol–water partition coefficient (Wildman–Crippen LogP) is 22.8. The van der Waals surface area contributed by atoms with Crippen LogP contribution in [0.3, 0.4) is 0 Å². The van der Waals surface area contributed by atoms with E-state index in [0.29, 0.717) is 26.2 Å². The Kier molecular flexibility index (Phi) is 19.4. The number of hydrogen-bond donors (Lipinski definition) is 0. The molecule has 1 saturated heterocycles. The summed E-state index contributed by atoms with van der Waals surface area (Å²) in [5.74, 6) is 1.93. The molecule has 0 saturated carbocycles. The summed E-state index contributed by atoms with van der Waals surface area (Å²) in [7, 11) is 0. The van der Waals surface area contributed by atoms with Crippen LogP contribution in [0, 0.1) is 0 Å². The van der Waals surface area contributed by atoms with E-state index in [1.165, 1.54) is 89.0 Å². The fourth-order valence-corrected chi connectivity index (χ4v) is 14.0. The second-order valence-electron chi connectivity index (χ2n) is 36.3. The number of benzene rings is 8.